The number of hydrogen-bond acceptors (Lipinski definition) is 5. The fourth-order valence-electron chi connectivity index (χ4n) is 3.41. The Morgan fingerprint density at radius 1 is 1.17 bits per heavy atom. The molecule has 29 heavy (non-hydrogen) atoms. The summed E-state index contributed by atoms with van der Waals surface area (Å²) < 4.78 is 2.99. The van der Waals surface area contributed by atoms with Gasteiger partial charge in [0.1, 0.15) is 6.29 Å². The number of nitrogens with one attached hydrogen (secondary N) is 2. The molecule has 2 aromatic heterocycles. The molecule has 8 nitrogen and oxygen atoms in total. The van der Waals surface area contributed by atoms with Crippen molar-refractivity contribution in [2.24, 2.45) is 7.05 Å². The SMILES string of the molecule is CNCc1ccc(-c2ccc3c(c2)n(C)c(=O)n3C(C=O)CCC(=O)NC)cn1. The van der Waals surface area contributed by atoms with Crippen LogP contribution in [0.25, 0.3) is 22.2 Å². The Hall–Kier alpha value is -3.26. The zero-order chi connectivity index (χ0) is 21.0. The molecular weight excluding hydrogens is 370 g/mol. The lowest BCUT2D eigenvalue weighted by molar-refractivity contribution is -0.121. The van der Waals surface area contributed by atoms with Gasteiger partial charge in [-0.2, -0.15) is 0 Å². The van der Waals surface area contributed by atoms with Crippen LogP contribution in [-0.2, 0) is 23.2 Å². The van der Waals surface area contributed by atoms with Crippen LogP contribution in [0.1, 0.15) is 24.6 Å². The summed E-state index contributed by atoms with van der Waals surface area (Å²) in [6.45, 7) is 0.694. The first kappa shape index (κ1) is 20.5. The standard InChI is InChI=1S/C21H25N5O3/c1-22-12-16-6-4-15(11-24-16)14-5-8-18-19(10-14)25(3)21(29)26(18)17(13-27)7-9-20(28)23-2/h4-6,8,10-11,13,17,22H,7,9,12H2,1-3H3,(H,23,28). The number of pyridine rings is 1. The lowest BCUT2D eigenvalue weighted by Gasteiger charge is -2.12. The number of aldehydes is 1. The normalized spacial score (nSPS) is 12.1. The zero-order valence-electron chi connectivity index (χ0n) is 16.8. The van der Waals surface area contributed by atoms with Crippen LogP contribution in [0, 0.1) is 0 Å². The highest BCUT2D eigenvalue weighted by atomic mass is 16.2. The van der Waals surface area contributed by atoms with Crippen LogP contribution in [0.5, 0.6) is 0 Å². The number of benzene rings is 1. The summed E-state index contributed by atoms with van der Waals surface area (Å²) >= 11 is 0. The highest BCUT2D eigenvalue weighted by molar-refractivity contribution is 5.83. The molecule has 8 heteroatoms. The Labute approximate surface area is 168 Å². The van der Waals surface area contributed by atoms with E-state index >= 15 is 0 Å². The molecule has 3 aromatic rings. The van der Waals surface area contributed by atoms with Crippen molar-refractivity contribution in [1.82, 2.24) is 24.8 Å². The molecule has 0 fully saturated rings. The molecule has 0 bridgehead atoms. The van der Waals surface area contributed by atoms with Crippen molar-refractivity contribution in [3.8, 4) is 11.1 Å². The largest absolute Gasteiger partial charge is 0.359 e. The lowest BCUT2D eigenvalue weighted by Crippen LogP contribution is -2.28. The number of aromatic nitrogens is 3. The van der Waals surface area contributed by atoms with Gasteiger partial charge in [-0.3, -0.25) is 18.9 Å². The van der Waals surface area contributed by atoms with Crippen molar-refractivity contribution in [1.29, 1.82) is 0 Å². The number of nitrogens with zero attached hydrogens (tertiary/aromatic N) is 3. The minimum atomic E-state index is -0.697. The van der Waals surface area contributed by atoms with Crippen molar-refractivity contribution >= 4 is 23.2 Å². The van der Waals surface area contributed by atoms with Gasteiger partial charge in [0.2, 0.25) is 5.91 Å². The molecule has 0 aliphatic heterocycles. The van der Waals surface area contributed by atoms with E-state index in [4.69, 9.17) is 0 Å². The molecule has 1 aromatic carbocycles. The summed E-state index contributed by atoms with van der Waals surface area (Å²) in [6, 6.07) is 8.92. The second-order valence-electron chi connectivity index (χ2n) is 6.90. The van der Waals surface area contributed by atoms with Gasteiger partial charge < -0.3 is 15.4 Å². The number of rotatable bonds is 8. The maximum Gasteiger partial charge on any atom is 0.329 e. The molecule has 0 saturated carbocycles. The third-order valence-electron chi connectivity index (χ3n) is 5.04. The maximum atomic E-state index is 12.8. The maximum absolute atomic E-state index is 12.8. The third-order valence-corrected chi connectivity index (χ3v) is 5.04. The summed E-state index contributed by atoms with van der Waals surface area (Å²) in [5.74, 6) is -0.165. The van der Waals surface area contributed by atoms with E-state index in [0.717, 1.165) is 28.6 Å². The quantitative estimate of drug-likeness (QED) is 0.562. The molecule has 1 unspecified atom stereocenters. The molecule has 3 rings (SSSR count). The van der Waals surface area contributed by atoms with E-state index < -0.39 is 6.04 Å². The van der Waals surface area contributed by atoms with Gasteiger partial charge in [-0.15, -0.1) is 0 Å². The molecule has 1 amide bonds. The minimum absolute atomic E-state index is 0.165. The van der Waals surface area contributed by atoms with Crippen LogP contribution in [0.4, 0.5) is 0 Å². The number of aryl methyl sites for hydroxylation is 1. The van der Waals surface area contributed by atoms with Crippen molar-refractivity contribution in [2.75, 3.05) is 14.1 Å². The molecule has 0 aliphatic rings. The van der Waals surface area contributed by atoms with Gasteiger partial charge in [0.15, 0.2) is 0 Å². The topological polar surface area (TPSA) is 98.0 Å². The van der Waals surface area contributed by atoms with Crippen molar-refractivity contribution in [3.63, 3.8) is 0 Å². The highest BCUT2D eigenvalue weighted by Crippen LogP contribution is 2.25. The van der Waals surface area contributed by atoms with Crippen LogP contribution < -0.4 is 16.3 Å². The Kier molecular flexibility index (Phi) is 6.23. The van der Waals surface area contributed by atoms with Crippen LogP contribution >= 0.6 is 0 Å². The highest BCUT2D eigenvalue weighted by Gasteiger charge is 2.20. The Morgan fingerprint density at radius 3 is 2.55 bits per heavy atom. The van der Waals surface area contributed by atoms with E-state index in [0.29, 0.717) is 12.1 Å². The number of imidazole rings is 1. The summed E-state index contributed by atoms with van der Waals surface area (Å²) in [5, 5.41) is 5.60. The predicted molar refractivity (Wildman–Crippen MR) is 112 cm³/mol. The molecule has 2 heterocycles. The third kappa shape index (κ3) is 4.12. The summed E-state index contributed by atoms with van der Waals surface area (Å²) in [7, 11) is 5.10. The number of amides is 1. The number of carbonyl (C=O) groups is 2. The average molecular weight is 395 g/mol. The van der Waals surface area contributed by atoms with Crippen LogP contribution in [0.2, 0.25) is 0 Å². The van der Waals surface area contributed by atoms with Gasteiger partial charge in [0.05, 0.1) is 22.8 Å². The van der Waals surface area contributed by atoms with Crippen molar-refractivity contribution < 1.29 is 9.59 Å². The number of carbonyl (C=O) groups excluding carboxylic acids is 2. The fraction of sp³-hybridized carbons (Fsp3) is 0.333. The van der Waals surface area contributed by atoms with Gasteiger partial charge in [0, 0.05) is 38.8 Å². The summed E-state index contributed by atoms with van der Waals surface area (Å²) in [4.78, 5) is 40.5. The van der Waals surface area contributed by atoms with Crippen LogP contribution in [0.15, 0.2) is 41.3 Å². The van der Waals surface area contributed by atoms with E-state index in [-0.39, 0.29) is 24.4 Å². The van der Waals surface area contributed by atoms with Gasteiger partial charge >= 0.3 is 5.69 Å². The Balaban J connectivity index is 2.00. The monoisotopic (exact) mass is 395 g/mol. The number of fused-ring (bicyclic) bond motifs is 1. The first-order chi connectivity index (χ1) is 14.0. The van der Waals surface area contributed by atoms with E-state index in [2.05, 4.69) is 15.6 Å². The fourth-order valence-corrected chi connectivity index (χ4v) is 3.41. The lowest BCUT2D eigenvalue weighted by atomic mass is 10.1. The second-order valence-corrected chi connectivity index (χ2v) is 6.90. The molecule has 0 saturated heterocycles. The van der Waals surface area contributed by atoms with Crippen LogP contribution in [-0.4, -0.2) is 40.4 Å². The van der Waals surface area contributed by atoms with E-state index in [9.17, 15) is 14.4 Å². The van der Waals surface area contributed by atoms with E-state index in [1.54, 1.807) is 20.3 Å². The molecule has 0 radical (unpaired) electrons. The molecule has 0 spiro atoms. The Bertz CT molecular complexity index is 1080. The molecule has 2 N–H and O–H groups in total. The van der Waals surface area contributed by atoms with Crippen LogP contribution in [0.3, 0.4) is 0 Å². The van der Waals surface area contributed by atoms with Crippen molar-refractivity contribution in [2.45, 2.75) is 25.4 Å². The van der Waals surface area contributed by atoms with Gasteiger partial charge in [0.25, 0.3) is 0 Å². The van der Waals surface area contributed by atoms with Gasteiger partial charge in [-0.05, 0) is 37.2 Å². The average Bonchev–Trinajstić information content (AvgIpc) is 2.99. The van der Waals surface area contributed by atoms with Gasteiger partial charge in [-0.25, -0.2) is 4.79 Å². The van der Waals surface area contributed by atoms with Gasteiger partial charge in [-0.1, -0.05) is 12.1 Å². The first-order valence-electron chi connectivity index (χ1n) is 9.47. The summed E-state index contributed by atoms with van der Waals surface area (Å²) in [6.07, 6.45) is 2.97. The van der Waals surface area contributed by atoms with Crippen molar-refractivity contribution in [3.05, 3.63) is 52.7 Å². The first-order valence-corrected chi connectivity index (χ1v) is 9.47. The number of hydrogen-bond donors (Lipinski definition) is 2. The molecule has 152 valence electrons. The Morgan fingerprint density at radius 2 is 1.93 bits per heavy atom. The summed E-state index contributed by atoms with van der Waals surface area (Å²) in [5.41, 5.74) is 3.92. The smallest absolute Gasteiger partial charge is 0.329 e. The molecule has 1 atom stereocenters. The second kappa shape index (κ2) is 8.83. The predicted octanol–water partition coefficient (Wildman–Crippen LogP) is 1.39. The minimum Gasteiger partial charge on any atom is -0.359 e. The zero-order valence-corrected chi connectivity index (χ0v) is 16.8. The van der Waals surface area contributed by atoms with E-state index in [1.807, 2.05) is 37.4 Å². The molecular formula is C21H25N5O3. The van der Waals surface area contributed by atoms with E-state index in [1.165, 1.54) is 9.13 Å². The molecule has 0 aliphatic carbocycles.